The molecule has 3 N–H and O–H groups in total. The number of aromatic nitrogens is 5. The lowest BCUT2D eigenvalue weighted by atomic mass is 10.2. The van der Waals surface area contributed by atoms with E-state index in [1.54, 1.807) is 21.6 Å². The van der Waals surface area contributed by atoms with Gasteiger partial charge in [0, 0.05) is 51.4 Å². The van der Waals surface area contributed by atoms with Gasteiger partial charge in [-0.05, 0) is 12.1 Å². The Morgan fingerprint density at radius 2 is 1.88 bits per heavy atom. The molecular weight excluding hydrogens is 550 g/mol. The van der Waals surface area contributed by atoms with Gasteiger partial charge >= 0.3 is 10.8 Å². The first-order valence-corrected chi connectivity index (χ1v) is 13.0. The molecule has 0 saturated carbocycles. The number of carboxylic acids is 1. The van der Waals surface area contributed by atoms with Crippen LogP contribution in [0.25, 0.3) is 27.6 Å². The van der Waals surface area contributed by atoms with Crippen molar-refractivity contribution in [3.8, 4) is 17.3 Å². The van der Waals surface area contributed by atoms with Gasteiger partial charge in [0.05, 0.1) is 6.26 Å². The van der Waals surface area contributed by atoms with Crippen molar-refractivity contribution in [2.24, 2.45) is 0 Å². The molecule has 4 aromatic heterocycles. The third-order valence-electron chi connectivity index (χ3n) is 6.54. The van der Waals surface area contributed by atoms with Gasteiger partial charge in [0.15, 0.2) is 35.3 Å². The molecule has 5 aromatic rings. The first-order valence-electron chi connectivity index (χ1n) is 12.2. The number of nitrogens with zero attached hydrogens (tertiary/aromatic N) is 7. The van der Waals surface area contributed by atoms with Crippen molar-refractivity contribution in [1.29, 1.82) is 0 Å². The molecule has 40 heavy (non-hydrogen) atoms. The summed E-state index contributed by atoms with van der Waals surface area (Å²) in [4.78, 5) is 35.9. The van der Waals surface area contributed by atoms with Crippen molar-refractivity contribution >= 4 is 44.9 Å². The first-order chi connectivity index (χ1) is 19.3. The molecule has 0 aliphatic carbocycles. The van der Waals surface area contributed by atoms with Gasteiger partial charge in [-0.2, -0.15) is 9.50 Å². The van der Waals surface area contributed by atoms with Gasteiger partial charge in [0.1, 0.15) is 16.1 Å². The molecule has 208 valence electrons. The fourth-order valence-corrected chi connectivity index (χ4v) is 5.58. The van der Waals surface area contributed by atoms with E-state index in [9.17, 15) is 18.4 Å². The molecule has 1 saturated heterocycles. The Morgan fingerprint density at radius 3 is 2.55 bits per heavy atom. The highest BCUT2D eigenvalue weighted by atomic mass is 32.1. The summed E-state index contributed by atoms with van der Waals surface area (Å²) in [6, 6.07) is 5.39. The van der Waals surface area contributed by atoms with Crippen molar-refractivity contribution in [1.82, 2.24) is 29.0 Å². The monoisotopic (exact) mass is 572 g/mol. The third kappa shape index (κ3) is 4.71. The largest absolute Gasteiger partial charge is 0.482 e. The molecule has 16 heteroatoms. The zero-order valence-corrected chi connectivity index (χ0v) is 21.6. The minimum absolute atomic E-state index is 0.0800. The molecule has 1 fully saturated rings. The second-order valence-electron chi connectivity index (χ2n) is 9.04. The molecule has 0 bridgehead atoms. The number of furan rings is 1. The van der Waals surface area contributed by atoms with Crippen molar-refractivity contribution in [2.45, 2.75) is 6.54 Å². The van der Waals surface area contributed by atoms with E-state index in [2.05, 4.69) is 20.0 Å². The number of anilines is 2. The molecule has 0 unspecified atom stereocenters. The fourth-order valence-electron chi connectivity index (χ4n) is 4.65. The van der Waals surface area contributed by atoms with Gasteiger partial charge in [-0.1, -0.05) is 11.3 Å². The van der Waals surface area contributed by atoms with E-state index < -0.39 is 24.2 Å². The van der Waals surface area contributed by atoms with Crippen molar-refractivity contribution in [2.75, 3.05) is 50.0 Å². The van der Waals surface area contributed by atoms with E-state index in [4.69, 9.17) is 20.0 Å². The SMILES string of the molecule is Nc1nc2c(sc(=O)n2CCN2CCN(c3c(F)cc(OCC(=O)O)cc3F)CC2)c2nc(-c3ccco3)nn12. The van der Waals surface area contributed by atoms with Crippen LogP contribution in [0.15, 0.2) is 39.7 Å². The van der Waals surface area contributed by atoms with Gasteiger partial charge < -0.3 is 24.9 Å². The molecular formula is C24H22F2N8O5S. The maximum absolute atomic E-state index is 14.7. The summed E-state index contributed by atoms with van der Waals surface area (Å²) in [5, 5.41) is 13.0. The Kier molecular flexibility index (Phi) is 6.55. The summed E-state index contributed by atoms with van der Waals surface area (Å²) in [7, 11) is 0. The van der Waals surface area contributed by atoms with Crippen LogP contribution in [-0.2, 0) is 11.3 Å². The number of ether oxygens (including phenoxy) is 1. The number of carboxylic acid groups (broad SMARTS) is 1. The van der Waals surface area contributed by atoms with Crippen molar-refractivity contribution in [3.63, 3.8) is 0 Å². The topological polar surface area (TPSA) is 157 Å². The van der Waals surface area contributed by atoms with E-state index in [0.717, 1.165) is 23.5 Å². The number of halogens is 2. The summed E-state index contributed by atoms with van der Waals surface area (Å²) in [5.74, 6) is -2.23. The number of hydrogen-bond acceptors (Lipinski definition) is 11. The van der Waals surface area contributed by atoms with E-state index in [1.807, 2.05) is 0 Å². The lowest BCUT2D eigenvalue weighted by Crippen LogP contribution is -2.48. The van der Waals surface area contributed by atoms with Gasteiger partial charge in [-0.25, -0.2) is 18.6 Å². The van der Waals surface area contributed by atoms with Crippen LogP contribution in [0.3, 0.4) is 0 Å². The number of thiazole rings is 1. The molecule has 13 nitrogen and oxygen atoms in total. The number of rotatable bonds is 8. The molecule has 0 amide bonds. The number of benzene rings is 1. The number of nitrogens with two attached hydrogens (primary N) is 1. The maximum Gasteiger partial charge on any atom is 0.341 e. The minimum Gasteiger partial charge on any atom is -0.482 e. The highest BCUT2D eigenvalue weighted by Gasteiger charge is 2.25. The second-order valence-corrected chi connectivity index (χ2v) is 10.00. The highest BCUT2D eigenvalue weighted by molar-refractivity contribution is 7.17. The van der Waals surface area contributed by atoms with E-state index in [1.165, 1.54) is 10.8 Å². The van der Waals surface area contributed by atoms with Crippen LogP contribution in [0.5, 0.6) is 5.75 Å². The molecule has 6 rings (SSSR count). The van der Waals surface area contributed by atoms with Crippen LogP contribution in [0.4, 0.5) is 20.4 Å². The van der Waals surface area contributed by atoms with Crippen molar-refractivity contribution < 1.29 is 27.8 Å². The van der Waals surface area contributed by atoms with Gasteiger partial charge in [0.2, 0.25) is 11.8 Å². The van der Waals surface area contributed by atoms with Crippen LogP contribution in [-0.4, -0.2) is 79.5 Å². The number of aliphatic carboxylic acids is 1. The minimum atomic E-state index is -1.25. The zero-order chi connectivity index (χ0) is 28.0. The third-order valence-corrected chi connectivity index (χ3v) is 7.50. The molecule has 1 aliphatic heterocycles. The molecule has 5 heterocycles. The number of hydrogen-bond donors (Lipinski definition) is 2. The Labute approximate surface area is 227 Å². The Hall–Kier alpha value is -4.57. The summed E-state index contributed by atoms with van der Waals surface area (Å²) in [5.41, 5.74) is 6.77. The van der Waals surface area contributed by atoms with Gasteiger partial charge in [-0.15, -0.1) is 5.10 Å². The predicted octanol–water partition coefficient (Wildman–Crippen LogP) is 1.91. The molecule has 0 spiro atoms. The quantitative estimate of drug-likeness (QED) is 0.280. The van der Waals surface area contributed by atoms with E-state index >= 15 is 0 Å². The summed E-state index contributed by atoms with van der Waals surface area (Å²) >= 11 is 1.00. The highest BCUT2D eigenvalue weighted by Crippen LogP contribution is 2.29. The number of fused-ring (bicyclic) bond motifs is 3. The fraction of sp³-hybridized carbons (Fsp3) is 0.292. The maximum atomic E-state index is 14.7. The number of piperazine rings is 1. The Bertz CT molecular complexity index is 1750. The first kappa shape index (κ1) is 25.7. The number of carbonyl (C=O) groups is 1. The molecule has 1 aromatic carbocycles. The summed E-state index contributed by atoms with van der Waals surface area (Å²) in [6.07, 6.45) is 1.51. The van der Waals surface area contributed by atoms with Crippen LogP contribution in [0, 0.1) is 11.6 Å². The molecule has 0 atom stereocenters. The van der Waals surface area contributed by atoms with E-state index in [-0.39, 0.29) is 22.3 Å². The second kappa shape index (κ2) is 10.2. The van der Waals surface area contributed by atoms with Crippen molar-refractivity contribution in [3.05, 3.63) is 51.8 Å². The smallest absolute Gasteiger partial charge is 0.341 e. The number of nitrogen functional groups attached to an aromatic ring is 1. The van der Waals surface area contributed by atoms with Crippen LogP contribution in [0.2, 0.25) is 0 Å². The van der Waals surface area contributed by atoms with Gasteiger partial charge in [-0.3, -0.25) is 14.3 Å². The Balaban J connectivity index is 1.15. The predicted molar refractivity (Wildman–Crippen MR) is 141 cm³/mol. The lowest BCUT2D eigenvalue weighted by Gasteiger charge is -2.36. The normalized spacial score (nSPS) is 14.4. The molecule has 0 radical (unpaired) electrons. The Morgan fingerprint density at radius 1 is 1.12 bits per heavy atom. The average molecular weight is 573 g/mol. The zero-order valence-electron chi connectivity index (χ0n) is 20.8. The standard InChI is InChI=1S/C24H22F2N8O5S/c25-14-10-13(39-12-17(35)36)11-15(26)18(14)32-6-3-31(4-7-32)5-8-33-21-19(40-24(33)37)22-28-20(16-2-1-9-38-16)30-34(22)23(27)29-21/h1-2,9-11H,3-8,12H2,(H2,27,29)(H,35,36). The molecule has 1 aliphatic rings. The van der Waals surface area contributed by atoms with Crippen LogP contribution < -0.4 is 20.2 Å². The summed E-state index contributed by atoms with van der Waals surface area (Å²) in [6.45, 7) is 1.85. The van der Waals surface area contributed by atoms with Crippen LogP contribution >= 0.6 is 11.3 Å². The lowest BCUT2D eigenvalue weighted by molar-refractivity contribution is -0.139. The average Bonchev–Trinajstić information content (AvgIpc) is 3.66. The summed E-state index contributed by atoms with van der Waals surface area (Å²) < 4.78 is 43.1. The van der Waals surface area contributed by atoms with E-state index in [0.29, 0.717) is 66.8 Å². The van der Waals surface area contributed by atoms with Crippen LogP contribution in [0.1, 0.15) is 0 Å². The van der Waals surface area contributed by atoms with Gasteiger partial charge in [0.25, 0.3) is 0 Å².